The van der Waals surface area contributed by atoms with Crippen LogP contribution in [-0.4, -0.2) is 24.5 Å². The molecule has 1 aliphatic heterocycles. The van der Waals surface area contributed by atoms with Crippen LogP contribution in [0.3, 0.4) is 0 Å². The maximum Gasteiger partial charge on any atom is 0.319 e. The van der Waals surface area contributed by atoms with E-state index >= 15 is 0 Å². The lowest BCUT2D eigenvalue weighted by Gasteiger charge is -2.17. The minimum Gasteiger partial charge on any atom is -0.333 e. The van der Waals surface area contributed by atoms with E-state index in [1.165, 1.54) is 12.1 Å². The summed E-state index contributed by atoms with van der Waals surface area (Å²) < 4.78 is 13.1. The minimum absolute atomic E-state index is 0.116. The number of para-hydroxylation sites is 1. The Hall–Kier alpha value is -2.60. The maximum absolute atomic E-state index is 13.1. The molecule has 0 radical (unpaired) electrons. The summed E-state index contributed by atoms with van der Waals surface area (Å²) >= 11 is 6.02. The molecule has 2 unspecified atom stereocenters. The van der Waals surface area contributed by atoms with E-state index in [1.54, 1.807) is 48.2 Å². The van der Waals surface area contributed by atoms with Crippen LogP contribution in [0.25, 0.3) is 0 Å². The van der Waals surface area contributed by atoms with Crippen LogP contribution >= 0.6 is 11.6 Å². The van der Waals surface area contributed by atoms with E-state index in [4.69, 9.17) is 11.6 Å². The van der Waals surface area contributed by atoms with Crippen LogP contribution < -0.4 is 15.5 Å². The number of benzene rings is 2. The molecule has 2 atom stereocenters. The second-order valence-corrected chi connectivity index (χ2v) is 6.31. The Morgan fingerprint density at radius 2 is 1.88 bits per heavy atom. The number of carbonyl (C=O) groups is 2. The van der Waals surface area contributed by atoms with Crippen molar-refractivity contribution in [3.63, 3.8) is 0 Å². The first-order valence-electron chi connectivity index (χ1n) is 7.84. The molecule has 0 spiro atoms. The quantitative estimate of drug-likeness (QED) is 0.876. The fraction of sp³-hybridized carbons (Fsp3) is 0.222. The number of nitrogens with zero attached hydrogens (tertiary/aromatic N) is 1. The van der Waals surface area contributed by atoms with E-state index in [0.717, 1.165) is 0 Å². The van der Waals surface area contributed by atoms with Crippen LogP contribution in [0.1, 0.15) is 6.92 Å². The van der Waals surface area contributed by atoms with E-state index in [0.29, 0.717) is 22.9 Å². The Labute approximate surface area is 149 Å². The highest BCUT2D eigenvalue weighted by molar-refractivity contribution is 6.33. The molecule has 7 heteroatoms. The molecule has 25 heavy (non-hydrogen) atoms. The molecule has 130 valence electrons. The number of rotatable bonds is 3. The first kappa shape index (κ1) is 17.2. The summed E-state index contributed by atoms with van der Waals surface area (Å²) in [5.74, 6) is -0.867. The lowest BCUT2D eigenvalue weighted by Crippen LogP contribution is -2.42. The fourth-order valence-electron chi connectivity index (χ4n) is 2.78. The molecule has 3 amide bonds. The van der Waals surface area contributed by atoms with Crippen molar-refractivity contribution in [3.05, 3.63) is 59.4 Å². The van der Waals surface area contributed by atoms with E-state index in [9.17, 15) is 14.0 Å². The van der Waals surface area contributed by atoms with Gasteiger partial charge >= 0.3 is 6.03 Å². The van der Waals surface area contributed by atoms with Gasteiger partial charge in [0, 0.05) is 12.2 Å². The van der Waals surface area contributed by atoms with Crippen LogP contribution in [0.4, 0.5) is 20.6 Å². The van der Waals surface area contributed by atoms with Gasteiger partial charge in [-0.2, -0.15) is 0 Å². The second-order valence-electron chi connectivity index (χ2n) is 5.90. The summed E-state index contributed by atoms with van der Waals surface area (Å²) in [5.41, 5.74) is 1.10. The van der Waals surface area contributed by atoms with Gasteiger partial charge in [-0.1, -0.05) is 30.7 Å². The van der Waals surface area contributed by atoms with Crippen molar-refractivity contribution >= 4 is 34.9 Å². The third kappa shape index (κ3) is 3.74. The van der Waals surface area contributed by atoms with Crippen molar-refractivity contribution in [2.75, 3.05) is 16.8 Å². The van der Waals surface area contributed by atoms with Gasteiger partial charge in [-0.05, 0) is 36.4 Å². The number of halogens is 2. The molecule has 1 fully saturated rings. The Bertz CT molecular complexity index is 797. The highest BCUT2D eigenvalue weighted by Gasteiger charge is 2.38. The van der Waals surface area contributed by atoms with Crippen molar-refractivity contribution in [1.29, 1.82) is 0 Å². The molecule has 2 aromatic rings. The first-order valence-corrected chi connectivity index (χ1v) is 8.22. The van der Waals surface area contributed by atoms with Crippen LogP contribution in [0, 0.1) is 11.7 Å². The molecule has 0 aliphatic carbocycles. The zero-order valence-electron chi connectivity index (χ0n) is 13.5. The van der Waals surface area contributed by atoms with Crippen LogP contribution in [0.5, 0.6) is 0 Å². The van der Waals surface area contributed by atoms with Crippen LogP contribution in [-0.2, 0) is 4.79 Å². The van der Waals surface area contributed by atoms with Crippen LogP contribution in [0.15, 0.2) is 48.5 Å². The number of hydrogen-bond acceptors (Lipinski definition) is 2. The van der Waals surface area contributed by atoms with E-state index < -0.39 is 6.03 Å². The van der Waals surface area contributed by atoms with Crippen molar-refractivity contribution in [2.45, 2.75) is 13.0 Å². The Morgan fingerprint density at radius 3 is 2.56 bits per heavy atom. The summed E-state index contributed by atoms with van der Waals surface area (Å²) in [6, 6.07) is 11.8. The lowest BCUT2D eigenvalue weighted by atomic mass is 10.1. The standard InChI is InChI=1S/C18H17ClFN3O2/c1-11-16(22-18(25)21-15-5-3-2-4-14(15)19)10-23(17(11)24)13-8-6-12(20)7-9-13/h2-9,11,16H,10H2,1H3,(H2,21,22,25). The molecular weight excluding hydrogens is 345 g/mol. The van der Waals surface area contributed by atoms with Crippen molar-refractivity contribution in [3.8, 4) is 0 Å². The molecule has 2 aromatic carbocycles. The van der Waals surface area contributed by atoms with Crippen molar-refractivity contribution in [1.82, 2.24) is 5.32 Å². The second kappa shape index (κ2) is 7.11. The monoisotopic (exact) mass is 361 g/mol. The van der Waals surface area contributed by atoms with Crippen LogP contribution in [0.2, 0.25) is 5.02 Å². The largest absolute Gasteiger partial charge is 0.333 e. The summed E-state index contributed by atoms with van der Waals surface area (Å²) in [6.07, 6.45) is 0. The summed E-state index contributed by atoms with van der Waals surface area (Å²) in [6.45, 7) is 2.08. The smallest absolute Gasteiger partial charge is 0.319 e. The maximum atomic E-state index is 13.1. The molecule has 1 aliphatic rings. The molecule has 0 aromatic heterocycles. The Kier molecular flexibility index (Phi) is 4.90. The van der Waals surface area contributed by atoms with Gasteiger partial charge in [-0.3, -0.25) is 4.79 Å². The highest BCUT2D eigenvalue weighted by Crippen LogP contribution is 2.26. The predicted octanol–water partition coefficient (Wildman–Crippen LogP) is 3.65. The molecule has 1 saturated heterocycles. The number of carbonyl (C=O) groups excluding carboxylic acids is 2. The van der Waals surface area contributed by atoms with E-state index in [1.807, 2.05) is 0 Å². The molecule has 3 rings (SSSR count). The molecule has 5 nitrogen and oxygen atoms in total. The number of amides is 3. The third-order valence-electron chi connectivity index (χ3n) is 4.22. The summed E-state index contributed by atoms with van der Waals surface area (Å²) in [7, 11) is 0. The van der Waals surface area contributed by atoms with Gasteiger partial charge in [-0.15, -0.1) is 0 Å². The molecule has 1 heterocycles. The van der Waals surface area contributed by atoms with Crippen molar-refractivity contribution < 1.29 is 14.0 Å². The number of urea groups is 1. The molecule has 0 bridgehead atoms. The van der Waals surface area contributed by atoms with Gasteiger partial charge < -0.3 is 15.5 Å². The number of hydrogen-bond donors (Lipinski definition) is 2. The first-order chi connectivity index (χ1) is 12.0. The van der Waals surface area contributed by atoms with Gasteiger partial charge in [0.2, 0.25) is 5.91 Å². The number of nitrogens with one attached hydrogen (secondary N) is 2. The molecule has 2 N–H and O–H groups in total. The summed E-state index contributed by atoms with van der Waals surface area (Å²) in [5, 5.41) is 5.91. The van der Waals surface area contributed by atoms with Gasteiger partial charge in [0.1, 0.15) is 5.82 Å². The van der Waals surface area contributed by atoms with Gasteiger partial charge in [0.25, 0.3) is 0 Å². The fourth-order valence-corrected chi connectivity index (χ4v) is 2.96. The minimum atomic E-state index is -0.432. The van der Waals surface area contributed by atoms with E-state index in [-0.39, 0.29) is 23.7 Å². The average molecular weight is 362 g/mol. The van der Waals surface area contributed by atoms with E-state index in [2.05, 4.69) is 10.6 Å². The zero-order chi connectivity index (χ0) is 18.0. The average Bonchev–Trinajstić information content (AvgIpc) is 2.86. The SMILES string of the molecule is CC1C(=O)N(c2ccc(F)cc2)CC1NC(=O)Nc1ccccc1Cl. The topological polar surface area (TPSA) is 61.4 Å². The summed E-state index contributed by atoms with van der Waals surface area (Å²) in [4.78, 5) is 26.2. The normalized spacial score (nSPS) is 19.8. The highest BCUT2D eigenvalue weighted by atomic mass is 35.5. The van der Waals surface area contributed by atoms with Gasteiger partial charge in [0.15, 0.2) is 0 Å². The van der Waals surface area contributed by atoms with Crippen molar-refractivity contribution in [2.24, 2.45) is 5.92 Å². The molecular formula is C18H17ClFN3O2. The van der Waals surface area contributed by atoms with Gasteiger partial charge in [-0.25, -0.2) is 9.18 Å². The van der Waals surface area contributed by atoms with Gasteiger partial charge in [0.05, 0.1) is 22.7 Å². The lowest BCUT2D eigenvalue weighted by molar-refractivity contribution is -0.120. The number of anilines is 2. The Morgan fingerprint density at radius 1 is 1.20 bits per heavy atom. The Balaban J connectivity index is 1.67. The third-order valence-corrected chi connectivity index (χ3v) is 4.54. The zero-order valence-corrected chi connectivity index (χ0v) is 14.3. The molecule has 0 saturated carbocycles. The predicted molar refractivity (Wildman–Crippen MR) is 95.3 cm³/mol.